The Morgan fingerprint density at radius 1 is 1.12 bits per heavy atom. The van der Waals surface area contributed by atoms with E-state index in [0.29, 0.717) is 11.4 Å². The molecule has 5 nitrogen and oxygen atoms in total. The minimum atomic E-state index is 0.452. The van der Waals surface area contributed by atoms with Crippen molar-refractivity contribution in [2.24, 2.45) is 0 Å². The Labute approximate surface area is 146 Å². The van der Waals surface area contributed by atoms with Crippen LogP contribution in [-0.4, -0.2) is 33.6 Å². The molecular weight excluding hydrogens is 320 g/mol. The van der Waals surface area contributed by atoms with E-state index < -0.39 is 0 Å². The third-order valence-corrected chi connectivity index (χ3v) is 4.17. The molecule has 2 aromatic carbocycles. The zero-order valence-corrected chi connectivity index (χ0v) is 14.8. The van der Waals surface area contributed by atoms with Crippen LogP contribution >= 0.6 is 12.2 Å². The molecule has 6 heteroatoms. The lowest BCUT2D eigenvalue weighted by Crippen LogP contribution is -2.21. The molecule has 0 N–H and O–H groups in total. The topological polar surface area (TPSA) is 35.2 Å². The van der Waals surface area contributed by atoms with Gasteiger partial charge in [0.05, 0.1) is 12.8 Å². The highest BCUT2D eigenvalue weighted by Crippen LogP contribution is 2.23. The Hall–Kier alpha value is -2.28. The molecule has 3 aromatic rings. The van der Waals surface area contributed by atoms with Gasteiger partial charge in [-0.15, -0.1) is 5.10 Å². The first-order valence-corrected chi connectivity index (χ1v) is 8.08. The van der Waals surface area contributed by atoms with Crippen molar-refractivity contribution in [3.05, 3.63) is 64.9 Å². The number of hydrogen-bond acceptors (Lipinski definition) is 4. The van der Waals surface area contributed by atoms with Gasteiger partial charge in [-0.1, -0.05) is 42.5 Å². The fourth-order valence-corrected chi connectivity index (χ4v) is 2.81. The second-order valence-electron chi connectivity index (χ2n) is 5.60. The number of aryl methyl sites for hydroxylation is 1. The van der Waals surface area contributed by atoms with Gasteiger partial charge in [0.1, 0.15) is 6.67 Å². The molecule has 0 unspecified atom stereocenters. The Bertz CT molecular complexity index is 886. The Morgan fingerprint density at radius 2 is 1.88 bits per heavy atom. The van der Waals surface area contributed by atoms with Gasteiger partial charge in [0.2, 0.25) is 4.77 Å². The van der Waals surface area contributed by atoms with Crippen LogP contribution in [0.25, 0.3) is 17.1 Å². The lowest BCUT2D eigenvalue weighted by atomic mass is 10.2. The van der Waals surface area contributed by atoms with Gasteiger partial charge in [-0.05, 0) is 36.8 Å². The molecule has 0 amide bonds. The molecule has 3 rings (SSSR count). The monoisotopic (exact) mass is 340 g/mol. The maximum absolute atomic E-state index is 5.69. The normalized spacial score (nSPS) is 11.2. The first-order valence-electron chi connectivity index (χ1n) is 7.67. The number of benzene rings is 2. The van der Waals surface area contributed by atoms with Gasteiger partial charge in [-0.25, -0.2) is 4.68 Å². The van der Waals surface area contributed by atoms with E-state index >= 15 is 0 Å². The Morgan fingerprint density at radius 3 is 2.54 bits per heavy atom. The summed E-state index contributed by atoms with van der Waals surface area (Å²) in [7, 11) is 3.47. The van der Waals surface area contributed by atoms with E-state index in [1.54, 1.807) is 16.9 Å². The molecule has 0 aliphatic carbocycles. The molecule has 0 saturated heterocycles. The first kappa shape index (κ1) is 16.6. The molecule has 1 heterocycles. The van der Waals surface area contributed by atoms with Crippen molar-refractivity contribution in [2.75, 3.05) is 14.2 Å². The molecule has 0 radical (unpaired) electrons. The third kappa shape index (κ3) is 3.31. The molecule has 0 bridgehead atoms. The summed E-state index contributed by atoms with van der Waals surface area (Å²) in [5, 5.41) is 6.41. The lowest BCUT2D eigenvalue weighted by Gasteiger charge is -2.12. The van der Waals surface area contributed by atoms with Crippen molar-refractivity contribution in [1.82, 2.24) is 19.4 Å². The van der Waals surface area contributed by atoms with Crippen molar-refractivity contribution < 1.29 is 4.84 Å². The summed E-state index contributed by atoms with van der Waals surface area (Å²) in [5.41, 5.74) is 3.20. The predicted octanol–water partition coefficient (Wildman–Crippen LogP) is 3.83. The van der Waals surface area contributed by atoms with E-state index in [2.05, 4.69) is 19.1 Å². The minimum Gasteiger partial charge on any atom is -0.301 e. The summed E-state index contributed by atoms with van der Waals surface area (Å²) in [4.78, 5) is 5.21. The van der Waals surface area contributed by atoms with E-state index in [1.165, 1.54) is 5.56 Å². The minimum absolute atomic E-state index is 0.452. The van der Waals surface area contributed by atoms with Crippen molar-refractivity contribution in [3.8, 4) is 17.1 Å². The molecule has 0 aliphatic rings. The summed E-state index contributed by atoms with van der Waals surface area (Å²) in [6.45, 7) is 2.52. The number of hydrogen-bond donors (Lipinski definition) is 0. The number of aromatic nitrogens is 3. The average molecular weight is 340 g/mol. The largest absolute Gasteiger partial charge is 0.301 e. The van der Waals surface area contributed by atoms with Crippen LogP contribution in [0, 0.1) is 11.7 Å². The zero-order valence-electron chi connectivity index (χ0n) is 14.0. The van der Waals surface area contributed by atoms with Crippen LogP contribution in [0.1, 0.15) is 5.56 Å². The third-order valence-electron chi connectivity index (χ3n) is 3.78. The fourth-order valence-electron chi connectivity index (χ4n) is 2.52. The number of rotatable bonds is 5. The molecule has 124 valence electrons. The van der Waals surface area contributed by atoms with Crippen LogP contribution in [0.4, 0.5) is 0 Å². The van der Waals surface area contributed by atoms with E-state index in [9.17, 15) is 0 Å². The van der Waals surface area contributed by atoms with E-state index in [0.717, 1.165) is 17.1 Å². The molecule has 1 aromatic heterocycles. The van der Waals surface area contributed by atoms with Crippen molar-refractivity contribution in [1.29, 1.82) is 0 Å². The van der Waals surface area contributed by atoms with Gasteiger partial charge < -0.3 is 4.84 Å². The molecule has 0 atom stereocenters. The van der Waals surface area contributed by atoms with Gasteiger partial charge in [0, 0.05) is 12.6 Å². The van der Waals surface area contributed by atoms with Crippen LogP contribution in [-0.2, 0) is 11.5 Å². The van der Waals surface area contributed by atoms with Gasteiger partial charge >= 0.3 is 0 Å². The van der Waals surface area contributed by atoms with Crippen LogP contribution in [0.2, 0.25) is 0 Å². The van der Waals surface area contributed by atoms with Crippen LogP contribution in [0.15, 0.2) is 54.6 Å². The van der Waals surface area contributed by atoms with Gasteiger partial charge in [0.25, 0.3) is 0 Å². The summed E-state index contributed by atoms with van der Waals surface area (Å²) in [6.07, 6.45) is 0. The molecule has 0 saturated carbocycles. The van der Waals surface area contributed by atoms with Crippen molar-refractivity contribution >= 4 is 12.2 Å². The van der Waals surface area contributed by atoms with Gasteiger partial charge in [-0.3, -0.25) is 4.57 Å². The second-order valence-corrected chi connectivity index (χ2v) is 5.96. The van der Waals surface area contributed by atoms with Crippen LogP contribution in [0.3, 0.4) is 0 Å². The summed E-state index contributed by atoms with van der Waals surface area (Å²) < 4.78 is 4.40. The van der Waals surface area contributed by atoms with E-state index in [-0.39, 0.29) is 0 Å². The second kappa shape index (κ2) is 7.09. The SMILES string of the molecule is CON(C)Cn1nc(-c2ccccc2)n(-c2cccc(C)c2)c1=S. The molecular formula is C18H20N4OS. The standard InChI is InChI=1S/C18H20N4OS/c1-14-8-7-11-16(12-14)22-17(15-9-5-4-6-10-15)19-21(18(22)24)13-20(2)23-3/h4-12H,13H2,1-3H3. The maximum Gasteiger partial charge on any atom is 0.204 e. The van der Waals surface area contributed by atoms with Crippen molar-refractivity contribution in [3.63, 3.8) is 0 Å². The smallest absolute Gasteiger partial charge is 0.204 e. The van der Waals surface area contributed by atoms with Crippen LogP contribution < -0.4 is 0 Å². The Kier molecular flexibility index (Phi) is 4.89. The van der Waals surface area contributed by atoms with Crippen molar-refractivity contribution in [2.45, 2.75) is 13.6 Å². The van der Waals surface area contributed by atoms with Gasteiger partial charge in [0.15, 0.2) is 5.82 Å². The average Bonchev–Trinajstić information content (AvgIpc) is 2.92. The summed E-state index contributed by atoms with van der Waals surface area (Å²) in [5.74, 6) is 0.815. The zero-order chi connectivity index (χ0) is 17.1. The summed E-state index contributed by atoms with van der Waals surface area (Å²) in [6, 6.07) is 18.3. The fraction of sp³-hybridized carbons (Fsp3) is 0.222. The molecule has 0 aliphatic heterocycles. The predicted molar refractivity (Wildman–Crippen MR) is 97.3 cm³/mol. The highest BCUT2D eigenvalue weighted by Gasteiger charge is 2.15. The first-order chi connectivity index (χ1) is 11.6. The quantitative estimate of drug-likeness (QED) is 0.522. The summed E-state index contributed by atoms with van der Waals surface area (Å²) >= 11 is 5.69. The number of hydroxylamine groups is 2. The highest BCUT2D eigenvalue weighted by molar-refractivity contribution is 7.71. The molecule has 24 heavy (non-hydrogen) atoms. The molecule has 0 spiro atoms. The highest BCUT2D eigenvalue weighted by atomic mass is 32.1. The van der Waals surface area contributed by atoms with Gasteiger partial charge in [-0.2, -0.15) is 5.06 Å². The van der Waals surface area contributed by atoms with Crippen LogP contribution in [0.5, 0.6) is 0 Å². The number of nitrogens with zero attached hydrogens (tertiary/aromatic N) is 4. The maximum atomic E-state index is 5.69. The lowest BCUT2D eigenvalue weighted by molar-refractivity contribution is -0.134. The Balaban J connectivity index is 2.20. The molecule has 0 fully saturated rings. The van der Waals surface area contributed by atoms with E-state index in [4.69, 9.17) is 22.2 Å². The van der Waals surface area contributed by atoms with E-state index in [1.807, 2.05) is 54.1 Å².